The SMILES string of the molecule is CC(=O)c1cc(C#N)cc(N)c1F. The molecule has 1 rings (SSSR count). The van der Waals surface area contributed by atoms with Gasteiger partial charge in [-0.2, -0.15) is 5.26 Å². The van der Waals surface area contributed by atoms with Gasteiger partial charge in [-0.3, -0.25) is 4.79 Å². The summed E-state index contributed by atoms with van der Waals surface area (Å²) in [7, 11) is 0. The number of benzene rings is 1. The summed E-state index contributed by atoms with van der Waals surface area (Å²) < 4.78 is 13.1. The van der Waals surface area contributed by atoms with Crippen LogP contribution in [0.15, 0.2) is 12.1 Å². The standard InChI is InChI=1S/C9H7FN2O/c1-5(13)7-2-6(4-11)3-8(12)9(7)10/h2-3H,12H2,1H3. The van der Waals surface area contributed by atoms with Crippen molar-refractivity contribution in [3.05, 3.63) is 29.1 Å². The molecule has 0 amide bonds. The van der Waals surface area contributed by atoms with Crippen molar-refractivity contribution in [3.63, 3.8) is 0 Å². The Bertz CT molecular complexity index is 407. The Balaban J connectivity index is 3.44. The van der Waals surface area contributed by atoms with Gasteiger partial charge in [0.1, 0.15) is 0 Å². The maximum atomic E-state index is 13.1. The molecule has 0 heterocycles. The minimum atomic E-state index is -0.758. The molecule has 0 saturated heterocycles. The predicted octanol–water partition coefficient (Wildman–Crippen LogP) is 1.48. The highest BCUT2D eigenvalue weighted by Gasteiger charge is 2.11. The smallest absolute Gasteiger partial charge is 0.162 e. The minimum absolute atomic E-state index is 0.142. The lowest BCUT2D eigenvalue weighted by Gasteiger charge is -2.02. The fourth-order valence-electron chi connectivity index (χ4n) is 0.968. The van der Waals surface area contributed by atoms with Crippen molar-refractivity contribution in [1.82, 2.24) is 0 Å². The number of anilines is 1. The van der Waals surface area contributed by atoms with Crippen molar-refractivity contribution in [3.8, 4) is 6.07 Å². The van der Waals surface area contributed by atoms with E-state index in [0.717, 1.165) is 0 Å². The molecule has 0 saturated carbocycles. The number of carbonyl (C=O) groups excluding carboxylic acids is 1. The van der Waals surface area contributed by atoms with E-state index in [4.69, 9.17) is 11.0 Å². The van der Waals surface area contributed by atoms with E-state index >= 15 is 0 Å². The van der Waals surface area contributed by atoms with Crippen LogP contribution in [0.3, 0.4) is 0 Å². The fourth-order valence-corrected chi connectivity index (χ4v) is 0.968. The van der Waals surface area contributed by atoms with Crippen LogP contribution in [-0.4, -0.2) is 5.78 Å². The number of nitrogen functional groups attached to an aromatic ring is 1. The summed E-state index contributed by atoms with van der Waals surface area (Å²) in [5, 5.41) is 8.52. The molecule has 0 aliphatic carbocycles. The highest BCUT2D eigenvalue weighted by atomic mass is 19.1. The maximum Gasteiger partial charge on any atom is 0.162 e. The Labute approximate surface area is 74.6 Å². The number of nitrogens with two attached hydrogens (primary N) is 1. The summed E-state index contributed by atoms with van der Waals surface area (Å²) in [5.74, 6) is -1.20. The summed E-state index contributed by atoms with van der Waals surface area (Å²) in [6.07, 6.45) is 0. The number of carbonyl (C=O) groups is 1. The van der Waals surface area contributed by atoms with Crippen LogP contribution in [0.5, 0.6) is 0 Å². The third kappa shape index (κ3) is 1.64. The maximum absolute atomic E-state index is 13.1. The largest absolute Gasteiger partial charge is 0.396 e. The molecule has 0 radical (unpaired) electrons. The van der Waals surface area contributed by atoms with Crippen molar-refractivity contribution in [2.24, 2.45) is 0 Å². The van der Waals surface area contributed by atoms with Gasteiger partial charge in [0.25, 0.3) is 0 Å². The molecule has 0 aliphatic rings. The normalized spacial score (nSPS) is 9.31. The van der Waals surface area contributed by atoms with E-state index in [-0.39, 0.29) is 16.8 Å². The van der Waals surface area contributed by atoms with Crippen molar-refractivity contribution < 1.29 is 9.18 Å². The summed E-state index contributed by atoms with van der Waals surface area (Å²) in [6, 6.07) is 4.18. The number of nitrogens with zero attached hydrogens (tertiary/aromatic N) is 1. The van der Waals surface area contributed by atoms with Crippen LogP contribution >= 0.6 is 0 Å². The quantitative estimate of drug-likeness (QED) is 0.523. The summed E-state index contributed by atoms with van der Waals surface area (Å²) in [5.41, 5.74) is 5.12. The molecule has 0 atom stereocenters. The van der Waals surface area contributed by atoms with E-state index in [1.54, 1.807) is 6.07 Å². The average molecular weight is 178 g/mol. The molecule has 66 valence electrons. The van der Waals surface area contributed by atoms with E-state index in [9.17, 15) is 9.18 Å². The number of hydrogen-bond acceptors (Lipinski definition) is 3. The van der Waals surface area contributed by atoms with Crippen LogP contribution in [0.25, 0.3) is 0 Å². The molecule has 0 unspecified atom stereocenters. The van der Waals surface area contributed by atoms with Crippen molar-refractivity contribution in [2.45, 2.75) is 6.92 Å². The fraction of sp³-hybridized carbons (Fsp3) is 0.111. The van der Waals surface area contributed by atoms with Crippen LogP contribution in [0.4, 0.5) is 10.1 Å². The zero-order valence-electron chi connectivity index (χ0n) is 6.97. The Morgan fingerprint density at radius 3 is 2.69 bits per heavy atom. The van der Waals surface area contributed by atoms with Crippen LogP contribution < -0.4 is 5.73 Å². The van der Waals surface area contributed by atoms with Crippen LogP contribution in [0.2, 0.25) is 0 Å². The topological polar surface area (TPSA) is 66.9 Å². The third-order valence-electron chi connectivity index (χ3n) is 1.61. The second kappa shape index (κ2) is 3.23. The van der Waals surface area contributed by atoms with Gasteiger partial charge in [-0.1, -0.05) is 0 Å². The highest BCUT2D eigenvalue weighted by molar-refractivity contribution is 5.95. The molecular weight excluding hydrogens is 171 g/mol. The predicted molar refractivity (Wildman–Crippen MR) is 45.5 cm³/mol. The van der Waals surface area contributed by atoms with Gasteiger partial charge in [0.2, 0.25) is 0 Å². The van der Waals surface area contributed by atoms with Gasteiger partial charge >= 0.3 is 0 Å². The Morgan fingerprint density at radius 2 is 2.23 bits per heavy atom. The molecule has 1 aromatic rings. The second-order valence-electron chi connectivity index (χ2n) is 2.60. The van der Waals surface area contributed by atoms with Gasteiger partial charge in [0, 0.05) is 0 Å². The summed E-state index contributed by atoms with van der Waals surface area (Å²) in [6.45, 7) is 1.22. The lowest BCUT2D eigenvalue weighted by Crippen LogP contribution is -2.02. The summed E-state index contributed by atoms with van der Waals surface area (Å²) in [4.78, 5) is 10.9. The van der Waals surface area contributed by atoms with Crippen molar-refractivity contribution >= 4 is 11.5 Å². The first-order chi connectivity index (χ1) is 6.06. The van der Waals surface area contributed by atoms with E-state index in [1.807, 2.05) is 0 Å². The molecule has 0 aromatic heterocycles. The number of hydrogen-bond donors (Lipinski definition) is 1. The molecule has 0 bridgehead atoms. The number of nitriles is 1. The molecule has 1 aromatic carbocycles. The number of rotatable bonds is 1. The average Bonchev–Trinajstić information content (AvgIpc) is 2.09. The minimum Gasteiger partial charge on any atom is -0.396 e. The molecule has 4 heteroatoms. The van der Waals surface area contributed by atoms with E-state index in [2.05, 4.69) is 0 Å². The Morgan fingerprint density at radius 1 is 1.62 bits per heavy atom. The molecule has 13 heavy (non-hydrogen) atoms. The Kier molecular flexibility index (Phi) is 2.29. The molecule has 2 N–H and O–H groups in total. The van der Waals surface area contributed by atoms with Crippen LogP contribution in [-0.2, 0) is 0 Å². The third-order valence-corrected chi connectivity index (χ3v) is 1.61. The summed E-state index contributed by atoms with van der Waals surface area (Å²) >= 11 is 0. The molecule has 0 fully saturated rings. The zero-order valence-corrected chi connectivity index (χ0v) is 6.97. The van der Waals surface area contributed by atoms with Gasteiger partial charge in [0.05, 0.1) is 22.9 Å². The van der Waals surface area contributed by atoms with Crippen LogP contribution in [0.1, 0.15) is 22.8 Å². The Hall–Kier alpha value is -1.89. The van der Waals surface area contributed by atoms with E-state index in [0.29, 0.717) is 0 Å². The monoisotopic (exact) mass is 178 g/mol. The highest BCUT2D eigenvalue weighted by Crippen LogP contribution is 2.18. The number of halogens is 1. The number of Topliss-reactive ketones (excluding diaryl/α,β-unsaturated/α-hetero) is 1. The van der Waals surface area contributed by atoms with Crippen molar-refractivity contribution in [2.75, 3.05) is 5.73 Å². The lowest BCUT2D eigenvalue weighted by molar-refractivity contribution is 0.101. The first kappa shape index (κ1) is 9.20. The molecule has 3 nitrogen and oxygen atoms in total. The van der Waals surface area contributed by atoms with Gasteiger partial charge < -0.3 is 5.73 Å². The second-order valence-corrected chi connectivity index (χ2v) is 2.60. The molecule has 0 spiro atoms. The van der Waals surface area contributed by atoms with E-state index < -0.39 is 11.6 Å². The molecular formula is C9H7FN2O. The molecule has 0 aliphatic heterocycles. The van der Waals surface area contributed by atoms with Gasteiger partial charge in [-0.05, 0) is 19.1 Å². The van der Waals surface area contributed by atoms with Gasteiger partial charge in [-0.25, -0.2) is 4.39 Å². The van der Waals surface area contributed by atoms with Crippen molar-refractivity contribution in [1.29, 1.82) is 5.26 Å². The number of ketones is 1. The zero-order chi connectivity index (χ0) is 10.0. The van der Waals surface area contributed by atoms with Crippen LogP contribution in [0, 0.1) is 17.1 Å². The van der Waals surface area contributed by atoms with Gasteiger partial charge in [0.15, 0.2) is 11.6 Å². The first-order valence-corrected chi connectivity index (χ1v) is 3.56. The van der Waals surface area contributed by atoms with Gasteiger partial charge in [-0.15, -0.1) is 0 Å². The van der Waals surface area contributed by atoms with E-state index in [1.165, 1.54) is 19.1 Å². The first-order valence-electron chi connectivity index (χ1n) is 3.56. The lowest BCUT2D eigenvalue weighted by atomic mass is 10.1.